The summed E-state index contributed by atoms with van der Waals surface area (Å²) in [7, 11) is 0. The number of piperidine rings is 1. The maximum atomic E-state index is 11.8. The van der Waals surface area contributed by atoms with Crippen molar-refractivity contribution < 1.29 is 9.53 Å². The average molecular weight is 214 g/mol. The van der Waals surface area contributed by atoms with Gasteiger partial charge in [0.1, 0.15) is 5.60 Å². The maximum absolute atomic E-state index is 11.8. The van der Waals surface area contributed by atoms with Crippen molar-refractivity contribution >= 4 is 6.09 Å². The number of ether oxygens (including phenoxy) is 1. The summed E-state index contributed by atoms with van der Waals surface area (Å²) in [5.41, 5.74) is 5.44. The molecular weight excluding hydrogens is 192 g/mol. The molecule has 88 valence electrons. The second-order valence-electron chi connectivity index (χ2n) is 5.49. The van der Waals surface area contributed by atoms with Crippen LogP contribution in [0.1, 0.15) is 34.1 Å². The molecule has 4 heteroatoms. The number of likely N-dealkylation sites (tertiary alicyclic amines) is 1. The molecule has 0 spiro atoms. The van der Waals surface area contributed by atoms with Crippen molar-refractivity contribution in [1.29, 1.82) is 0 Å². The van der Waals surface area contributed by atoms with Crippen LogP contribution in [-0.2, 0) is 4.74 Å². The number of carbonyl (C=O) groups excluding carboxylic acids is 1. The van der Waals surface area contributed by atoms with E-state index in [0.29, 0.717) is 12.5 Å². The number of nitrogens with zero attached hydrogens (tertiary/aromatic N) is 1. The Morgan fingerprint density at radius 3 is 2.47 bits per heavy atom. The fraction of sp³-hybridized carbons (Fsp3) is 0.909. The zero-order chi connectivity index (χ0) is 11.6. The van der Waals surface area contributed by atoms with Gasteiger partial charge in [0.05, 0.1) is 0 Å². The molecular formula is C11H22N2O2. The smallest absolute Gasteiger partial charge is 0.410 e. The van der Waals surface area contributed by atoms with E-state index in [1.54, 1.807) is 4.90 Å². The highest BCUT2D eigenvalue weighted by Gasteiger charge is 2.28. The molecule has 0 aliphatic carbocycles. The van der Waals surface area contributed by atoms with Crippen molar-refractivity contribution in [2.45, 2.75) is 45.8 Å². The van der Waals surface area contributed by atoms with Gasteiger partial charge in [-0.2, -0.15) is 0 Å². The van der Waals surface area contributed by atoms with Gasteiger partial charge in [0.2, 0.25) is 0 Å². The molecule has 1 saturated heterocycles. The third-order valence-corrected chi connectivity index (χ3v) is 2.34. The Morgan fingerprint density at radius 1 is 1.40 bits per heavy atom. The van der Waals surface area contributed by atoms with Crippen LogP contribution in [0.25, 0.3) is 0 Å². The van der Waals surface area contributed by atoms with E-state index in [2.05, 4.69) is 6.92 Å². The predicted molar refractivity (Wildman–Crippen MR) is 59.6 cm³/mol. The van der Waals surface area contributed by atoms with Crippen molar-refractivity contribution in [2.75, 3.05) is 13.1 Å². The summed E-state index contributed by atoms with van der Waals surface area (Å²) in [6.07, 6.45) is 0.740. The Labute approximate surface area is 91.8 Å². The Hall–Kier alpha value is -0.770. The first-order valence-electron chi connectivity index (χ1n) is 5.51. The van der Waals surface area contributed by atoms with Gasteiger partial charge >= 0.3 is 6.09 Å². The highest BCUT2D eigenvalue weighted by molar-refractivity contribution is 5.68. The minimum absolute atomic E-state index is 0.0845. The van der Waals surface area contributed by atoms with E-state index in [1.165, 1.54) is 0 Å². The van der Waals surface area contributed by atoms with Gasteiger partial charge in [-0.3, -0.25) is 0 Å². The van der Waals surface area contributed by atoms with E-state index in [0.717, 1.165) is 13.0 Å². The van der Waals surface area contributed by atoms with Crippen LogP contribution >= 0.6 is 0 Å². The zero-order valence-corrected chi connectivity index (χ0v) is 10.1. The second kappa shape index (κ2) is 4.39. The van der Waals surface area contributed by atoms with E-state index < -0.39 is 5.60 Å². The number of hydrogen-bond acceptors (Lipinski definition) is 3. The number of nitrogens with two attached hydrogens (primary N) is 1. The van der Waals surface area contributed by atoms with E-state index in [4.69, 9.17) is 10.5 Å². The second-order valence-corrected chi connectivity index (χ2v) is 5.49. The molecule has 4 nitrogen and oxygen atoms in total. The van der Waals surface area contributed by atoms with Crippen LogP contribution in [0.2, 0.25) is 0 Å². The van der Waals surface area contributed by atoms with Gasteiger partial charge < -0.3 is 15.4 Å². The summed E-state index contributed by atoms with van der Waals surface area (Å²) >= 11 is 0. The largest absolute Gasteiger partial charge is 0.444 e. The van der Waals surface area contributed by atoms with Crippen LogP contribution in [0, 0.1) is 5.92 Å². The third-order valence-electron chi connectivity index (χ3n) is 2.34. The van der Waals surface area contributed by atoms with Gasteiger partial charge in [-0.25, -0.2) is 4.79 Å². The first-order valence-corrected chi connectivity index (χ1v) is 5.51. The van der Waals surface area contributed by atoms with E-state index in [9.17, 15) is 4.79 Å². The summed E-state index contributed by atoms with van der Waals surface area (Å²) in [4.78, 5) is 13.5. The molecule has 1 amide bonds. The third kappa shape index (κ3) is 4.08. The SMILES string of the molecule is CC1CC(N)CN(C(=O)OC(C)(C)C)C1. The van der Waals surface area contributed by atoms with Crippen LogP contribution in [0.5, 0.6) is 0 Å². The van der Waals surface area contributed by atoms with Crippen LogP contribution in [0.3, 0.4) is 0 Å². The van der Waals surface area contributed by atoms with E-state index >= 15 is 0 Å². The van der Waals surface area contributed by atoms with E-state index in [1.807, 2.05) is 20.8 Å². The van der Waals surface area contributed by atoms with Gasteiger partial charge in [0.25, 0.3) is 0 Å². The molecule has 0 aromatic rings. The lowest BCUT2D eigenvalue weighted by atomic mass is 9.97. The standard InChI is InChI=1S/C11H22N2O2/c1-8-5-9(12)7-13(6-8)10(14)15-11(2,3)4/h8-9H,5-7,12H2,1-4H3. The summed E-state index contributed by atoms with van der Waals surface area (Å²) in [6, 6.07) is 0.0845. The van der Waals surface area contributed by atoms with Crippen molar-refractivity contribution in [3.8, 4) is 0 Å². The topological polar surface area (TPSA) is 55.6 Å². The van der Waals surface area contributed by atoms with Crippen molar-refractivity contribution in [2.24, 2.45) is 11.7 Å². The molecule has 0 radical (unpaired) electrons. The maximum Gasteiger partial charge on any atom is 0.410 e. The summed E-state index contributed by atoms with van der Waals surface area (Å²) in [6.45, 7) is 9.09. The summed E-state index contributed by atoms with van der Waals surface area (Å²) in [5.74, 6) is 0.460. The fourth-order valence-corrected chi connectivity index (χ4v) is 1.88. The van der Waals surface area contributed by atoms with Crippen LogP contribution in [-0.4, -0.2) is 35.7 Å². The van der Waals surface area contributed by atoms with Gasteiger partial charge in [0.15, 0.2) is 0 Å². The van der Waals surface area contributed by atoms with Crippen molar-refractivity contribution in [3.05, 3.63) is 0 Å². The lowest BCUT2D eigenvalue weighted by Gasteiger charge is -2.35. The first-order chi connectivity index (χ1) is 6.78. The molecule has 1 fully saturated rings. The molecule has 1 aliphatic heterocycles. The molecule has 1 aliphatic rings. The predicted octanol–water partition coefficient (Wildman–Crippen LogP) is 1.59. The molecule has 0 aromatic carbocycles. The number of amides is 1. The molecule has 1 heterocycles. The lowest BCUT2D eigenvalue weighted by Crippen LogP contribution is -2.50. The van der Waals surface area contributed by atoms with Gasteiger partial charge in [-0.15, -0.1) is 0 Å². The van der Waals surface area contributed by atoms with Crippen LogP contribution in [0.4, 0.5) is 4.79 Å². The van der Waals surface area contributed by atoms with Gasteiger partial charge in [-0.1, -0.05) is 6.92 Å². The Kier molecular flexibility index (Phi) is 3.60. The van der Waals surface area contributed by atoms with Gasteiger partial charge in [0, 0.05) is 19.1 Å². The van der Waals surface area contributed by atoms with Crippen LogP contribution < -0.4 is 5.73 Å². The van der Waals surface area contributed by atoms with Gasteiger partial charge in [-0.05, 0) is 33.1 Å². The van der Waals surface area contributed by atoms with Crippen molar-refractivity contribution in [1.82, 2.24) is 4.90 Å². The molecule has 1 rings (SSSR count). The Balaban J connectivity index is 2.52. The first kappa shape index (κ1) is 12.3. The normalized spacial score (nSPS) is 27.7. The molecule has 0 bridgehead atoms. The Morgan fingerprint density at radius 2 is 2.00 bits per heavy atom. The molecule has 0 aromatic heterocycles. The number of rotatable bonds is 0. The van der Waals surface area contributed by atoms with E-state index in [-0.39, 0.29) is 12.1 Å². The fourth-order valence-electron chi connectivity index (χ4n) is 1.88. The highest BCUT2D eigenvalue weighted by atomic mass is 16.6. The summed E-state index contributed by atoms with van der Waals surface area (Å²) in [5, 5.41) is 0. The zero-order valence-electron chi connectivity index (χ0n) is 10.1. The molecule has 15 heavy (non-hydrogen) atoms. The number of carbonyl (C=O) groups is 1. The molecule has 2 atom stereocenters. The van der Waals surface area contributed by atoms with Crippen molar-refractivity contribution in [3.63, 3.8) is 0 Å². The minimum atomic E-state index is -0.429. The molecule has 2 N–H and O–H groups in total. The molecule has 0 saturated carbocycles. The quantitative estimate of drug-likeness (QED) is 0.666. The monoisotopic (exact) mass is 214 g/mol. The molecule has 2 unspecified atom stereocenters. The minimum Gasteiger partial charge on any atom is -0.444 e. The van der Waals surface area contributed by atoms with Crippen LogP contribution in [0.15, 0.2) is 0 Å². The number of hydrogen-bond donors (Lipinski definition) is 1. The lowest BCUT2D eigenvalue weighted by molar-refractivity contribution is 0.0154. The summed E-state index contributed by atoms with van der Waals surface area (Å²) < 4.78 is 5.31. The Bertz CT molecular complexity index is 225. The average Bonchev–Trinajstić information content (AvgIpc) is 1.98. The highest BCUT2D eigenvalue weighted by Crippen LogP contribution is 2.18.